The largest absolute Gasteiger partial charge is 0.294 e. The average Bonchev–Trinajstić information content (AvgIpc) is 2.36. The van der Waals surface area contributed by atoms with Crippen molar-refractivity contribution in [3.05, 3.63) is 36.0 Å². The molecule has 0 aromatic rings. The van der Waals surface area contributed by atoms with E-state index < -0.39 is 0 Å². The highest BCUT2D eigenvalue weighted by Gasteiger charge is 2.18. The zero-order chi connectivity index (χ0) is 13.4. The van der Waals surface area contributed by atoms with E-state index in [2.05, 4.69) is 13.5 Å². The van der Waals surface area contributed by atoms with Gasteiger partial charge in [0, 0.05) is 17.6 Å². The molecular weight excluding hydrogens is 224 g/mol. The van der Waals surface area contributed by atoms with Crippen molar-refractivity contribution in [2.45, 2.75) is 51.9 Å². The van der Waals surface area contributed by atoms with Crippen LogP contribution in [0.25, 0.3) is 0 Å². The number of rotatable bonds is 8. The second kappa shape index (κ2) is 7.80. The summed E-state index contributed by atoms with van der Waals surface area (Å²) in [5.74, 6) is -0.100. The lowest BCUT2D eigenvalue weighted by Gasteiger charge is -2.09. The molecule has 0 radical (unpaired) electrons. The number of unbranched alkanes of at least 4 members (excludes halogenated alkanes) is 5. The average molecular weight is 246 g/mol. The van der Waals surface area contributed by atoms with Crippen molar-refractivity contribution in [3.8, 4) is 0 Å². The van der Waals surface area contributed by atoms with Crippen LogP contribution in [-0.4, -0.2) is 11.6 Å². The van der Waals surface area contributed by atoms with E-state index in [0.29, 0.717) is 17.6 Å². The quantitative estimate of drug-likeness (QED) is 0.480. The van der Waals surface area contributed by atoms with Crippen molar-refractivity contribution in [2.24, 2.45) is 0 Å². The number of Topliss-reactive ketones (excluding diaryl/α,β-unsaturated/α-hetero) is 1. The van der Waals surface area contributed by atoms with Gasteiger partial charge in [-0.15, -0.1) is 0 Å². The highest BCUT2D eigenvalue weighted by atomic mass is 16.1. The maximum atomic E-state index is 11.9. The van der Waals surface area contributed by atoms with Crippen molar-refractivity contribution in [1.82, 2.24) is 0 Å². The molecule has 0 aromatic heterocycles. The summed E-state index contributed by atoms with van der Waals surface area (Å²) in [7, 11) is 0. The minimum Gasteiger partial charge on any atom is -0.294 e. The van der Waals surface area contributed by atoms with E-state index in [1.54, 1.807) is 12.2 Å². The Hall–Kier alpha value is -1.44. The van der Waals surface area contributed by atoms with Crippen LogP contribution in [0.5, 0.6) is 0 Å². The maximum absolute atomic E-state index is 11.9. The molecule has 0 aromatic carbocycles. The van der Waals surface area contributed by atoms with Gasteiger partial charge in [-0.05, 0) is 12.5 Å². The molecule has 0 spiro atoms. The van der Waals surface area contributed by atoms with Gasteiger partial charge in [0.1, 0.15) is 0 Å². The van der Waals surface area contributed by atoms with Gasteiger partial charge in [-0.25, -0.2) is 0 Å². The molecule has 0 atom stereocenters. The normalized spacial score (nSPS) is 14.8. The molecule has 0 fully saturated rings. The Morgan fingerprint density at radius 2 is 1.83 bits per heavy atom. The van der Waals surface area contributed by atoms with Gasteiger partial charge in [-0.3, -0.25) is 9.59 Å². The molecule has 0 heterocycles. The summed E-state index contributed by atoms with van der Waals surface area (Å²) in [6.45, 7) is 5.87. The van der Waals surface area contributed by atoms with Gasteiger partial charge < -0.3 is 0 Å². The zero-order valence-corrected chi connectivity index (χ0v) is 11.2. The van der Waals surface area contributed by atoms with Crippen molar-refractivity contribution >= 4 is 11.6 Å². The fourth-order valence-electron chi connectivity index (χ4n) is 2.03. The predicted octanol–water partition coefficient (Wildman–Crippen LogP) is 3.93. The number of allylic oxidation sites excluding steroid dienone is 5. The number of carbonyl (C=O) groups excluding carboxylic acids is 2. The Kier molecular flexibility index (Phi) is 6.34. The Morgan fingerprint density at radius 1 is 1.17 bits per heavy atom. The monoisotopic (exact) mass is 246 g/mol. The van der Waals surface area contributed by atoms with Gasteiger partial charge in [-0.1, -0.05) is 57.8 Å². The van der Waals surface area contributed by atoms with E-state index in [4.69, 9.17) is 0 Å². The Morgan fingerprint density at radius 3 is 2.56 bits per heavy atom. The van der Waals surface area contributed by atoms with Crippen LogP contribution in [0.2, 0.25) is 0 Å². The van der Waals surface area contributed by atoms with Crippen LogP contribution in [0, 0.1) is 0 Å². The first kappa shape index (κ1) is 14.6. The minimum absolute atomic E-state index is 0.0493. The lowest BCUT2D eigenvalue weighted by Crippen LogP contribution is -2.12. The lowest BCUT2D eigenvalue weighted by atomic mass is 9.92. The number of hydrogen-bond acceptors (Lipinski definition) is 2. The number of ketones is 2. The molecule has 2 heteroatoms. The van der Waals surface area contributed by atoms with Crippen LogP contribution in [0.4, 0.5) is 0 Å². The van der Waals surface area contributed by atoms with Gasteiger partial charge in [0.05, 0.1) is 0 Å². The Balaban J connectivity index is 2.29. The van der Waals surface area contributed by atoms with Crippen LogP contribution in [0.1, 0.15) is 51.9 Å². The van der Waals surface area contributed by atoms with Crippen molar-refractivity contribution in [3.63, 3.8) is 0 Å². The van der Waals surface area contributed by atoms with E-state index in [9.17, 15) is 9.59 Å². The molecular formula is C16H22O2. The summed E-state index contributed by atoms with van der Waals surface area (Å²) >= 11 is 0. The van der Waals surface area contributed by atoms with Crippen LogP contribution in [0.15, 0.2) is 36.0 Å². The third kappa shape index (κ3) is 4.44. The first-order valence-corrected chi connectivity index (χ1v) is 6.82. The third-order valence-corrected chi connectivity index (χ3v) is 3.19. The standard InChI is InChI=1S/C16H22O2/c1-3-4-5-6-7-8-11-16(18)14-10-9-12-15(17)13(14)2/h9-10,12H,2-8,11H2,1H3. The SMILES string of the molecule is C=C1C(=O)C=CC=C1C(=O)CCCCCCCC. The number of carbonyl (C=O) groups is 2. The van der Waals surface area contributed by atoms with Crippen LogP contribution >= 0.6 is 0 Å². The van der Waals surface area contributed by atoms with Gasteiger partial charge in [0.25, 0.3) is 0 Å². The van der Waals surface area contributed by atoms with E-state index in [1.165, 1.54) is 31.8 Å². The molecule has 98 valence electrons. The van der Waals surface area contributed by atoms with Gasteiger partial charge in [0.15, 0.2) is 11.6 Å². The Bertz CT molecular complexity index is 386. The lowest BCUT2D eigenvalue weighted by molar-refractivity contribution is -0.117. The molecule has 1 rings (SSSR count). The van der Waals surface area contributed by atoms with Crippen molar-refractivity contribution in [2.75, 3.05) is 0 Å². The van der Waals surface area contributed by atoms with Crippen LogP contribution < -0.4 is 0 Å². The maximum Gasteiger partial charge on any atom is 0.185 e. The summed E-state index contributed by atoms with van der Waals surface area (Å²) in [5, 5.41) is 0. The minimum atomic E-state index is -0.149. The molecule has 18 heavy (non-hydrogen) atoms. The van der Waals surface area contributed by atoms with E-state index in [1.807, 2.05) is 0 Å². The summed E-state index contributed by atoms with van der Waals surface area (Å²) in [6, 6.07) is 0. The smallest absolute Gasteiger partial charge is 0.185 e. The van der Waals surface area contributed by atoms with E-state index in [0.717, 1.165) is 12.8 Å². The molecule has 0 saturated carbocycles. The molecule has 0 bridgehead atoms. The summed E-state index contributed by atoms with van der Waals surface area (Å²) in [4.78, 5) is 23.3. The molecule has 0 saturated heterocycles. The van der Waals surface area contributed by atoms with Crippen molar-refractivity contribution in [1.29, 1.82) is 0 Å². The van der Waals surface area contributed by atoms with E-state index >= 15 is 0 Å². The molecule has 1 aliphatic carbocycles. The van der Waals surface area contributed by atoms with E-state index in [-0.39, 0.29) is 11.6 Å². The summed E-state index contributed by atoms with van der Waals surface area (Å²) < 4.78 is 0. The molecule has 0 unspecified atom stereocenters. The van der Waals surface area contributed by atoms with Crippen LogP contribution in [0.3, 0.4) is 0 Å². The highest BCUT2D eigenvalue weighted by Crippen LogP contribution is 2.18. The fraction of sp³-hybridized carbons (Fsp3) is 0.500. The van der Waals surface area contributed by atoms with Gasteiger partial charge in [-0.2, -0.15) is 0 Å². The second-order valence-corrected chi connectivity index (χ2v) is 4.72. The fourth-order valence-corrected chi connectivity index (χ4v) is 2.03. The predicted molar refractivity (Wildman–Crippen MR) is 74.4 cm³/mol. The molecule has 2 nitrogen and oxygen atoms in total. The third-order valence-electron chi connectivity index (χ3n) is 3.19. The first-order chi connectivity index (χ1) is 8.66. The molecule has 0 aliphatic heterocycles. The number of hydrogen-bond donors (Lipinski definition) is 0. The Labute approximate surface area is 109 Å². The van der Waals surface area contributed by atoms with Gasteiger partial charge >= 0.3 is 0 Å². The van der Waals surface area contributed by atoms with Gasteiger partial charge in [0.2, 0.25) is 0 Å². The van der Waals surface area contributed by atoms with Crippen molar-refractivity contribution < 1.29 is 9.59 Å². The summed E-state index contributed by atoms with van der Waals surface area (Å²) in [5.41, 5.74) is 0.838. The zero-order valence-electron chi connectivity index (χ0n) is 11.2. The second-order valence-electron chi connectivity index (χ2n) is 4.72. The topological polar surface area (TPSA) is 34.1 Å². The molecule has 0 N–H and O–H groups in total. The highest BCUT2D eigenvalue weighted by molar-refractivity contribution is 6.17. The molecule has 0 amide bonds. The summed E-state index contributed by atoms with van der Waals surface area (Å²) in [6.07, 6.45) is 12.3. The molecule has 1 aliphatic rings. The van der Waals surface area contributed by atoms with Crippen LogP contribution in [-0.2, 0) is 9.59 Å². The first-order valence-electron chi connectivity index (χ1n) is 6.82.